The maximum atomic E-state index is 12.3. The van der Waals surface area contributed by atoms with E-state index in [4.69, 9.17) is 5.73 Å². The lowest BCUT2D eigenvalue weighted by Crippen LogP contribution is -2.22. The molecular weight excluding hydrogens is 219 g/mol. The quantitative estimate of drug-likeness (QED) is 0.739. The first-order valence-corrected chi connectivity index (χ1v) is 4.96. The van der Waals surface area contributed by atoms with Crippen LogP contribution in [0, 0.1) is 0 Å². The number of anilines is 1. The summed E-state index contributed by atoms with van der Waals surface area (Å²) in [6, 6.07) is 2.23. The highest BCUT2D eigenvalue weighted by Gasteiger charge is 2.31. The second kappa shape index (κ2) is 3.93. The van der Waals surface area contributed by atoms with E-state index in [1.165, 1.54) is 6.07 Å². The molecule has 0 saturated carbocycles. The average Bonchev–Trinajstić information content (AvgIpc) is 2.64. The predicted octanol–water partition coefficient (Wildman–Crippen LogP) is 1.96. The fourth-order valence-corrected chi connectivity index (χ4v) is 1.71. The average molecular weight is 230 g/mol. The Bertz CT molecular complexity index is 361. The van der Waals surface area contributed by atoms with Gasteiger partial charge in [0.15, 0.2) is 0 Å². The van der Waals surface area contributed by atoms with Crippen molar-refractivity contribution < 1.29 is 13.2 Å². The van der Waals surface area contributed by atoms with Crippen LogP contribution in [0.15, 0.2) is 18.3 Å². The lowest BCUT2D eigenvalue weighted by Gasteiger charge is -2.17. The van der Waals surface area contributed by atoms with Crippen LogP contribution in [0.5, 0.6) is 0 Å². The van der Waals surface area contributed by atoms with Gasteiger partial charge in [-0.25, -0.2) is 4.98 Å². The standard InChI is InChI=1S/C10H11F3N3/c11-10(12,13)7-1-2-9(15-5-7)16-4-3-8(14)6-16/h1-2,5,8,14H,3-4,6H2/t8-/m0/s1. The molecule has 0 spiro atoms. The summed E-state index contributed by atoms with van der Waals surface area (Å²) in [6.07, 6.45) is -2.76. The van der Waals surface area contributed by atoms with Crippen LogP contribution in [0.25, 0.3) is 0 Å². The molecule has 1 aliphatic rings. The van der Waals surface area contributed by atoms with Gasteiger partial charge in [0.1, 0.15) is 5.82 Å². The van der Waals surface area contributed by atoms with Gasteiger partial charge in [0.05, 0.1) is 5.56 Å². The van der Waals surface area contributed by atoms with Gasteiger partial charge in [-0.2, -0.15) is 13.2 Å². The fourth-order valence-electron chi connectivity index (χ4n) is 1.71. The molecule has 16 heavy (non-hydrogen) atoms. The van der Waals surface area contributed by atoms with Crippen molar-refractivity contribution in [3.8, 4) is 0 Å². The highest BCUT2D eigenvalue weighted by atomic mass is 19.4. The van der Waals surface area contributed by atoms with E-state index in [9.17, 15) is 13.2 Å². The number of nitrogens with zero attached hydrogens (tertiary/aromatic N) is 2. The molecule has 6 heteroatoms. The number of nitrogens with one attached hydrogen (secondary N) is 1. The molecule has 1 atom stereocenters. The minimum Gasteiger partial charge on any atom is -0.355 e. The zero-order valence-electron chi connectivity index (χ0n) is 8.46. The molecule has 1 aromatic heterocycles. The zero-order valence-corrected chi connectivity index (χ0v) is 8.46. The molecule has 1 aliphatic heterocycles. The summed E-state index contributed by atoms with van der Waals surface area (Å²) in [5, 5.41) is 0. The Labute approximate surface area is 91.1 Å². The molecule has 2 rings (SSSR count). The van der Waals surface area contributed by atoms with Gasteiger partial charge >= 0.3 is 6.18 Å². The van der Waals surface area contributed by atoms with Crippen molar-refractivity contribution in [3.63, 3.8) is 0 Å². The van der Waals surface area contributed by atoms with Crippen molar-refractivity contribution in [1.82, 2.24) is 10.7 Å². The van der Waals surface area contributed by atoms with Gasteiger partial charge in [-0.1, -0.05) is 0 Å². The van der Waals surface area contributed by atoms with Crippen molar-refractivity contribution in [2.24, 2.45) is 0 Å². The number of hydrogen-bond donors (Lipinski definition) is 0. The fraction of sp³-hybridized carbons (Fsp3) is 0.500. The summed E-state index contributed by atoms with van der Waals surface area (Å²) in [4.78, 5) is 5.62. The van der Waals surface area contributed by atoms with Crippen molar-refractivity contribution in [2.75, 3.05) is 18.0 Å². The third-order valence-electron chi connectivity index (χ3n) is 2.59. The Morgan fingerprint density at radius 1 is 1.38 bits per heavy atom. The Balaban J connectivity index is 2.14. The van der Waals surface area contributed by atoms with Crippen LogP contribution in [0.4, 0.5) is 19.0 Å². The minimum absolute atomic E-state index is 0.163. The molecule has 1 fully saturated rings. The molecule has 87 valence electrons. The molecule has 2 heterocycles. The van der Waals surface area contributed by atoms with Gasteiger partial charge in [-0.05, 0) is 18.6 Å². The van der Waals surface area contributed by atoms with Crippen LogP contribution in [-0.4, -0.2) is 24.1 Å². The van der Waals surface area contributed by atoms with Crippen LogP contribution in [-0.2, 0) is 6.18 Å². The van der Waals surface area contributed by atoms with Crippen LogP contribution in [0.3, 0.4) is 0 Å². The van der Waals surface area contributed by atoms with Gasteiger partial charge in [-0.3, -0.25) is 5.73 Å². The highest BCUT2D eigenvalue weighted by molar-refractivity contribution is 5.41. The number of hydrogen-bond acceptors (Lipinski definition) is 2. The van der Waals surface area contributed by atoms with E-state index in [0.29, 0.717) is 18.9 Å². The molecule has 0 unspecified atom stereocenters. The first kappa shape index (κ1) is 11.2. The largest absolute Gasteiger partial charge is 0.417 e. The first-order chi connectivity index (χ1) is 7.47. The van der Waals surface area contributed by atoms with Gasteiger partial charge < -0.3 is 4.90 Å². The van der Waals surface area contributed by atoms with E-state index in [1.54, 1.807) is 0 Å². The summed E-state index contributed by atoms with van der Waals surface area (Å²) in [5.41, 5.74) is 6.77. The van der Waals surface area contributed by atoms with Crippen LogP contribution >= 0.6 is 0 Å². The van der Waals surface area contributed by atoms with E-state index in [1.807, 2.05) is 4.90 Å². The van der Waals surface area contributed by atoms with Crippen molar-refractivity contribution in [2.45, 2.75) is 18.6 Å². The summed E-state index contributed by atoms with van der Waals surface area (Å²) >= 11 is 0. The topological polar surface area (TPSA) is 39.9 Å². The molecule has 0 aliphatic carbocycles. The Morgan fingerprint density at radius 3 is 2.56 bits per heavy atom. The molecule has 3 nitrogen and oxygen atoms in total. The van der Waals surface area contributed by atoms with E-state index < -0.39 is 11.7 Å². The zero-order chi connectivity index (χ0) is 11.8. The van der Waals surface area contributed by atoms with E-state index in [-0.39, 0.29) is 6.04 Å². The van der Waals surface area contributed by atoms with Crippen LogP contribution in [0.2, 0.25) is 0 Å². The first-order valence-electron chi connectivity index (χ1n) is 4.96. The number of alkyl halides is 3. The van der Waals surface area contributed by atoms with Gasteiger partial charge in [0.2, 0.25) is 0 Å². The predicted molar refractivity (Wildman–Crippen MR) is 53.0 cm³/mol. The minimum atomic E-state index is -4.34. The maximum Gasteiger partial charge on any atom is 0.417 e. The van der Waals surface area contributed by atoms with Crippen molar-refractivity contribution in [1.29, 1.82) is 0 Å². The molecular formula is C10H11F3N3. The Kier molecular flexibility index (Phi) is 2.75. The third kappa shape index (κ3) is 2.27. The normalized spacial score (nSPS) is 21.5. The van der Waals surface area contributed by atoms with Gasteiger partial charge in [0.25, 0.3) is 0 Å². The second-order valence-corrected chi connectivity index (χ2v) is 3.83. The Hall–Kier alpha value is -1.30. The summed E-state index contributed by atoms with van der Waals surface area (Å²) < 4.78 is 36.8. The van der Waals surface area contributed by atoms with Crippen molar-refractivity contribution in [3.05, 3.63) is 23.9 Å². The molecule has 1 radical (unpaired) electrons. The monoisotopic (exact) mass is 230 g/mol. The second-order valence-electron chi connectivity index (χ2n) is 3.83. The molecule has 0 aromatic carbocycles. The van der Waals surface area contributed by atoms with Gasteiger partial charge in [-0.15, -0.1) is 0 Å². The Morgan fingerprint density at radius 2 is 2.12 bits per heavy atom. The molecule has 1 N–H and O–H groups in total. The maximum absolute atomic E-state index is 12.3. The molecule has 1 aromatic rings. The lowest BCUT2D eigenvalue weighted by atomic mass is 10.3. The van der Waals surface area contributed by atoms with Crippen LogP contribution in [0.1, 0.15) is 12.0 Å². The van der Waals surface area contributed by atoms with Gasteiger partial charge in [0, 0.05) is 25.3 Å². The highest BCUT2D eigenvalue weighted by Crippen LogP contribution is 2.29. The van der Waals surface area contributed by atoms with Crippen LogP contribution < -0.4 is 10.6 Å². The van der Waals surface area contributed by atoms with E-state index in [0.717, 1.165) is 18.7 Å². The lowest BCUT2D eigenvalue weighted by molar-refractivity contribution is -0.137. The SMILES string of the molecule is [NH][C@H]1CCN(c2ccc(C(F)(F)F)cn2)C1. The molecule has 1 saturated heterocycles. The summed E-state index contributed by atoms with van der Waals surface area (Å²) in [5.74, 6) is 0.516. The smallest absolute Gasteiger partial charge is 0.355 e. The number of pyridine rings is 1. The van der Waals surface area contributed by atoms with Crippen molar-refractivity contribution >= 4 is 5.82 Å². The third-order valence-corrected chi connectivity index (χ3v) is 2.59. The molecule has 0 bridgehead atoms. The summed E-state index contributed by atoms with van der Waals surface area (Å²) in [7, 11) is 0. The number of rotatable bonds is 1. The number of halogens is 3. The van der Waals surface area contributed by atoms with E-state index >= 15 is 0 Å². The van der Waals surface area contributed by atoms with E-state index in [2.05, 4.69) is 4.98 Å². The molecule has 0 amide bonds. The summed E-state index contributed by atoms with van der Waals surface area (Å²) in [6.45, 7) is 1.23. The number of aromatic nitrogens is 1.